The van der Waals surface area contributed by atoms with Crippen molar-refractivity contribution in [1.29, 1.82) is 0 Å². The lowest BCUT2D eigenvalue weighted by atomic mass is 10.1. The fraction of sp³-hybridized carbons (Fsp3) is 0.438. The van der Waals surface area contributed by atoms with Crippen LogP contribution < -0.4 is 0 Å². The molecule has 0 radical (unpaired) electrons. The van der Waals surface area contributed by atoms with Crippen molar-refractivity contribution in [2.45, 2.75) is 19.9 Å². The molecule has 1 aromatic carbocycles. The average molecular weight is 316 g/mol. The third kappa shape index (κ3) is 3.51. The van der Waals surface area contributed by atoms with Gasteiger partial charge >= 0.3 is 0 Å². The number of aromatic nitrogens is 2. The number of benzene rings is 1. The summed E-state index contributed by atoms with van der Waals surface area (Å²) in [6.45, 7) is 6.57. The fourth-order valence-corrected chi connectivity index (χ4v) is 3.19. The maximum Gasteiger partial charge on any atom is 0.275 e. The van der Waals surface area contributed by atoms with E-state index in [0.717, 1.165) is 50.9 Å². The fourth-order valence-electron chi connectivity index (χ4n) is 2.78. The van der Waals surface area contributed by atoms with Crippen LogP contribution in [0.25, 0.3) is 0 Å². The summed E-state index contributed by atoms with van der Waals surface area (Å²) in [5, 5.41) is 0. The summed E-state index contributed by atoms with van der Waals surface area (Å²) in [4.78, 5) is 16.7. The lowest BCUT2D eigenvalue weighted by Crippen LogP contribution is -2.35. The molecule has 1 saturated heterocycles. The molecule has 1 amide bonds. The molecule has 0 unspecified atom stereocenters. The summed E-state index contributed by atoms with van der Waals surface area (Å²) >= 11 is 1.08. The minimum absolute atomic E-state index is 0.00601. The second kappa shape index (κ2) is 6.98. The van der Waals surface area contributed by atoms with Crippen LogP contribution >= 0.6 is 11.7 Å². The Balaban J connectivity index is 1.60. The van der Waals surface area contributed by atoms with Crippen LogP contribution in [0.15, 0.2) is 30.5 Å². The highest BCUT2D eigenvalue weighted by molar-refractivity contribution is 6.99. The summed E-state index contributed by atoms with van der Waals surface area (Å²) in [6.07, 6.45) is 2.55. The predicted molar refractivity (Wildman–Crippen MR) is 86.9 cm³/mol. The first-order valence-corrected chi connectivity index (χ1v) is 8.31. The molecule has 0 saturated carbocycles. The van der Waals surface area contributed by atoms with E-state index >= 15 is 0 Å². The highest BCUT2D eigenvalue weighted by Crippen LogP contribution is 2.13. The maximum absolute atomic E-state index is 12.3. The van der Waals surface area contributed by atoms with E-state index in [0.29, 0.717) is 5.69 Å². The monoisotopic (exact) mass is 316 g/mol. The number of hydrogen-bond donors (Lipinski definition) is 0. The zero-order chi connectivity index (χ0) is 15.4. The second-order valence-electron chi connectivity index (χ2n) is 5.64. The topological polar surface area (TPSA) is 49.3 Å². The van der Waals surface area contributed by atoms with Gasteiger partial charge in [-0.3, -0.25) is 9.69 Å². The first-order valence-electron chi connectivity index (χ1n) is 7.58. The third-order valence-electron chi connectivity index (χ3n) is 4.11. The van der Waals surface area contributed by atoms with Gasteiger partial charge in [0.25, 0.3) is 5.91 Å². The van der Waals surface area contributed by atoms with Gasteiger partial charge in [-0.05, 0) is 24.5 Å². The molecule has 1 aliphatic heterocycles. The van der Waals surface area contributed by atoms with Gasteiger partial charge in [-0.15, -0.1) is 0 Å². The van der Waals surface area contributed by atoms with Crippen LogP contribution in [0.5, 0.6) is 0 Å². The van der Waals surface area contributed by atoms with Gasteiger partial charge in [-0.1, -0.05) is 24.3 Å². The van der Waals surface area contributed by atoms with Crippen LogP contribution in [0.3, 0.4) is 0 Å². The summed E-state index contributed by atoms with van der Waals surface area (Å²) in [7, 11) is 0. The lowest BCUT2D eigenvalue weighted by molar-refractivity contribution is 0.0756. The van der Waals surface area contributed by atoms with Gasteiger partial charge in [0.15, 0.2) is 5.69 Å². The van der Waals surface area contributed by atoms with E-state index in [2.05, 4.69) is 44.8 Å². The van der Waals surface area contributed by atoms with E-state index in [1.807, 2.05) is 4.90 Å². The van der Waals surface area contributed by atoms with Crippen molar-refractivity contribution in [2.75, 3.05) is 26.2 Å². The number of amides is 1. The van der Waals surface area contributed by atoms with Crippen molar-refractivity contribution in [3.8, 4) is 0 Å². The lowest BCUT2D eigenvalue weighted by Gasteiger charge is -2.22. The summed E-state index contributed by atoms with van der Waals surface area (Å²) in [6, 6.07) is 8.50. The van der Waals surface area contributed by atoms with Gasteiger partial charge in [0, 0.05) is 32.7 Å². The molecule has 22 heavy (non-hydrogen) atoms. The highest BCUT2D eigenvalue weighted by Gasteiger charge is 2.22. The number of nitrogens with zero attached hydrogens (tertiary/aromatic N) is 4. The Bertz CT molecular complexity index is 629. The third-order valence-corrected chi connectivity index (χ3v) is 4.59. The Hall–Kier alpha value is -1.79. The number of hydrogen-bond acceptors (Lipinski definition) is 5. The molecule has 3 rings (SSSR count). The van der Waals surface area contributed by atoms with Crippen molar-refractivity contribution in [3.05, 3.63) is 47.3 Å². The molecule has 0 atom stereocenters. The molecule has 0 bridgehead atoms. The van der Waals surface area contributed by atoms with Gasteiger partial charge in [-0.25, -0.2) is 0 Å². The van der Waals surface area contributed by atoms with E-state index in [-0.39, 0.29) is 5.91 Å². The molecule has 2 heterocycles. The summed E-state index contributed by atoms with van der Waals surface area (Å²) in [5.74, 6) is 0.00601. The van der Waals surface area contributed by atoms with Crippen LogP contribution in [-0.4, -0.2) is 50.6 Å². The van der Waals surface area contributed by atoms with Crippen LogP contribution in [0, 0.1) is 6.92 Å². The maximum atomic E-state index is 12.3. The van der Waals surface area contributed by atoms with E-state index in [4.69, 9.17) is 0 Å². The zero-order valence-corrected chi connectivity index (χ0v) is 13.6. The van der Waals surface area contributed by atoms with Gasteiger partial charge in [-0.2, -0.15) is 8.75 Å². The Morgan fingerprint density at radius 2 is 2.09 bits per heavy atom. The smallest absolute Gasteiger partial charge is 0.275 e. The van der Waals surface area contributed by atoms with Crippen molar-refractivity contribution >= 4 is 17.6 Å². The van der Waals surface area contributed by atoms with E-state index in [1.54, 1.807) is 6.20 Å². The number of carbonyl (C=O) groups excluding carboxylic acids is 1. The van der Waals surface area contributed by atoms with E-state index in [9.17, 15) is 4.79 Å². The van der Waals surface area contributed by atoms with Crippen LogP contribution in [0.4, 0.5) is 0 Å². The quantitative estimate of drug-likeness (QED) is 0.871. The molecule has 5 nitrogen and oxygen atoms in total. The van der Waals surface area contributed by atoms with Crippen LogP contribution in [0.1, 0.15) is 28.0 Å². The average Bonchev–Trinajstić information content (AvgIpc) is 2.96. The predicted octanol–water partition coefficient (Wildman–Crippen LogP) is 2.19. The standard InChI is InChI=1S/C16H20N4OS/c1-13-5-2-3-6-14(13)12-19-7-4-8-20(10-9-19)16(21)15-11-17-22-18-15/h2-3,5-6,11H,4,7-10,12H2,1H3. The minimum atomic E-state index is 0.00601. The van der Waals surface area contributed by atoms with Crippen molar-refractivity contribution in [2.24, 2.45) is 0 Å². The zero-order valence-electron chi connectivity index (χ0n) is 12.7. The van der Waals surface area contributed by atoms with Gasteiger partial charge < -0.3 is 4.90 Å². The molecule has 1 aromatic heterocycles. The van der Waals surface area contributed by atoms with Crippen molar-refractivity contribution in [3.63, 3.8) is 0 Å². The largest absolute Gasteiger partial charge is 0.336 e. The number of rotatable bonds is 3. The molecular formula is C16H20N4OS. The van der Waals surface area contributed by atoms with E-state index < -0.39 is 0 Å². The Morgan fingerprint density at radius 3 is 2.86 bits per heavy atom. The molecule has 0 aliphatic carbocycles. The molecule has 6 heteroatoms. The second-order valence-corrected chi connectivity index (χ2v) is 6.20. The molecule has 2 aromatic rings. The first-order chi connectivity index (χ1) is 10.7. The van der Waals surface area contributed by atoms with Gasteiger partial charge in [0.05, 0.1) is 17.9 Å². The van der Waals surface area contributed by atoms with Crippen molar-refractivity contribution in [1.82, 2.24) is 18.5 Å². The summed E-state index contributed by atoms with van der Waals surface area (Å²) < 4.78 is 7.96. The first kappa shape index (κ1) is 15.1. The molecule has 116 valence electrons. The normalized spacial score (nSPS) is 16.5. The van der Waals surface area contributed by atoms with Crippen LogP contribution in [0.2, 0.25) is 0 Å². The van der Waals surface area contributed by atoms with Crippen LogP contribution in [-0.2, 0) is 6.54 Å². The molecule has 1 aliphatic rings. The Morgan fingerprint density at radius 1 is 1.23 bits per heavy atom. The molecule has 0 spiro atoms. The van der Waals surface area contributed by atoms with Crippen molar-refractivity contribution < 1.29 is 4.79 Å². The SMILES string of the molecule is Cc1ccccc1CN1CCCN(C(=O)c2cnsn2)CC1. The number of aryl methyl sites for hydroxylation is 1. The highest BCUT2D eigenvalue weighted by atomic mass is 32.1. The molecule has 0 N–H and O–H groups in total. The number of carbonyl (C=O) groups is 1. The minimum Gasteiger partial charge on any atom is -0.336 e. The Labute approximate surface area is 134 Å². The van der Waals surface area contributed by atoms with Gasteiger partial charge in [0.2, 0.25) is 0 Å². The molecule has 1 fully saturated rings. The summed E-state index contributed by atoms with van der Waals surface area (Å²) in [5.41, 5.74) is 3.16. The Kier molecular flexibility index (Phi) is 4.80. The molecular weight excluding hydrogens is 296 g/mol. The van der Waals surface area contributed by atoms with Gasteiger partial charge in [0.1, 0.15) is 0 Å². The van der Waals surface area contributed by atoms with E-state index in [1.165, 1.54) is 11.1 Å².